The van der Waals surface area contributed by atoms with Crippen LogP contribution in [0.4, 0.5) is 18.0 Å². The molecule has 1 unspecified atom stereocenters. The van der Waals surface area contributed by atoms with Gasteiger partial charge in [0.2, 0.25) is 5.54 Å². The van der Waals surface area contributed by atoms with E-state index in [4.69, 9.17) is 5.11 Å². The molecule has 0 spiro atoms. The summed E-state index contributed by atoms with van der Waals surface area (Å²) in [6.45, 7) is 0.339. The van der Waals surface area contributed by atoms with Crippen LogP contribution in [0.2, 0.25) is 0 Å². The van der Waals surface area contributed by atoms with E-state index in [1.807, 2.05) is 0 Å². The van der Waals surface area contributed by atoms with Gasteiger partial charge in [-0.1, -0.05) is 0 Å². The van der Waals surface area contributed by atoms with Gasteiger partial charge in [-0.25, -0.2) is 9.59 Å². The summed E-state index contributed by atoms with van der Waals surface area (Å²) in [5, 5.41) is 12.1. The molecule has 0 aliphatic rings. The molecule has 0 saturated carbocycles. The Hall–Kier alpha value is -1.84. The predicted molar refractivity (Wildman–Crippen MR) is 59.6 cm³/mol. The van der Waals surface area contributed by atoms with Crippen molar-refractivity contribution in [3.63, 3.8) is 0 Å². The summed E-state index contributed by atoms with van der Waals surface area (Å²) in [5.74, 6) is -2.19. The lowest BCUT2D eigenvalue weighted by atomic mass is 10.0. The Labute approximate surface area is 109 Å². The van der Waals surface area contributed by atoms with E-state index in [1.54, 1.807) is 0 Å². The number of urea groups is 1. The number of alkyl halides is 3. The maximum atomic E-state index is 12.6. The summed E-state index contributed by atoms with van der Waals surface area (Å²) < 4.78 is 37.8. The molecule has 0 radical (unpaired) electrons. The lowest BCUT2D eigenvalue weighted by Gasteiger charge is -2.28. The number of carbonyl (C=O) groups excluding carboxylic acids is 1. The number of carbonyl (C=O) groups is 2. The Morgan fingerprint density at radius 3 is 2.53 bits per heavy atom. The molecule has 0 aromatic carbocycles. The number of nitrogens with zero attached hydrogens (tertiary/aromatic N) is 1. The highest BCUT2D eigenvalue weighted by Crippen LogP contribution is 2.30. The van der Waals surface area contributed by atoms with E-state index in [0.29, 0.717) is 11.8 Å². The molecule has 0 bridgehead atoms. The van der Waals surface area contributed by atoms with E-state index < -0.39 is 23.7 Å². The highest BCUT2D eigenvalue weighted by molar-refractivity contribution is 7.09. The summed E-state index contributed by atoms with van der Waals surface area (Å²) >= 11 is 1.20. The van der Waals surface area contributed by atoms with Crippen LogP contribution in [-0.4, -0.2) is 33.8 Å². The highest BCUT2D eigenvalue weighted by Gasteiger charge is 2.58. The van der Waals surface area contributed by atoms with Gasteiger partial charge in [0.15, 0.2) is 0 Å². The minimum Gasteiger partial charge on any atom is -0.479 e. The Morgan fingerprint density at radius 1 is 1.47 bits per heavy atom. The van der Waals surface area contributed by atoms with Crippen LogP contribution >= 0.6 is 11.3 Å². The number of carboxylic acids is 1. The molecule has 1 atom stereocenters. The van der Waals surface area contributed by atoms with Gasteiger partial charge < -0.3 is 15.7 Å². The summed E-state index contributed by atoms with van der Waals surface area (Å²) in [6.07, 6.45) is -3.67. The topological polar surface area (TPSA) is 91.3 Å². The van der Waals surface area contributed by atoms with Crippen LogP contribution in [0.15, 0.2) is 11.7 Å². The fraction of sp³-hybridized carbons (Fsp3) is 0.444. The average molecular weight is 297 g/mol. The third kappa shape index (κ3) is 3.56. The second kappa shape index (κ2) is 5.43. The van der Waals surface area contributed by atoms with Crippen LogP contribution in [0.25, 0.3) is 0 Å². The molecular formula is C9H10F3N3O3S. The molecular weight excluding hydrogens is 287 g/mol. The smallest absolute Gasteiger partial charge is 0.422 e. The van der Waals surface area contributed by atoms with Crippen molar-refractivity contribution in [2.75, 3.05) is 0 Å². The molecule has 1 rings (SSSR count). The van der Waals surface area contributed by atoms with Crippen molar-refractivity contribution in [3.05, 3.63) is 16.6 Å². The van der Waals surface area contributed by atoms with Crippen molar-refractivity contribution in [1.29, 1.82) is 0 Å². The molecule has 19 heavy (non-hydrogen) atoms. The number of hydrogen-bond donors (Lipinski definition) is 3. The van der Waals surface area contributed by atoms with Crippen molar-refractivity contribution < 1.29 is 27.9 Å². The van der Waals surface area contributed by atoms with Gasteiger partial charge in [-0.05, 0) is 6.92 Å². The van der Waals surface area contributed by atoms with Gasteiger partial charge in [0, 0.05) is 11.1 Å². The van der Waals surface area contributed by atoms with Crippen LogP contribution in [0.3, 0.4) is 0 Å². The number of carboxylic acid groups (broad SMARTS) is 1. The predicted octanol–water partition coefficient (Wildman–Crippen LogP) is 1.35. The van der Waals surface area contributed by atoms with Gasteiger partial charge in [-0.2, -0.15) is 13.2 Å². The number of hydrogen-bond acceptors (Lipinski definition) is 4. The lowest BCUT2D eigenvalue weighted by molar-refractivity contribution is -0.203. The van der Waals surface area contributed by atoms with E-state index in [9.17, 15) is 22.8 Å². The molecule has 6 nitrogen and oxygen atoms in total. The monoisotopic (exact) mass is 297 g/mol. The van der Waals surface area contributed by atoms with Gasteiger partial charge in [0.25, 0.3) is 0 Å². The zero-order valence-corrected chi connectivity index (χ0v) is 10.4. The van der Waals surface area contributed by atoms with E-state index in [0.717, 1.165) is 0 Å². The van der Waals surface area contributed by atoms with Crippen LogP contribution in [0.1, 0.15) is 11.8 Å². The first-order valence-corrected chi connectivity index (χ1v) is 5.78. The van der Waals surface area contributed by atoms with E-state index in [2.05, 4.69) is 10.3 Å². The van der Waals surface area contributed by atoms with E-state index in [1.165, 1.54) is 28.4 Å². The van der Waals surface area contributed by atoms with Gasteiger partial charge in [-0.15, -0.1) is 11.3 Å². The Morgan fingerprint density at radius 2 is 2.11 bits per heavy atom. The third-order valence-corrected chi connectivity index (χ3v) is 3.04. The summed E-state index contributed by atoms with van der Waals surface area (Å²) in [5.41, 5.74) is -1.85. The molecule has 0 aliphatic heterocycles. The molecule has 0 aliphatic carbocycles. The van der Waals surface area contributed by atoms with Crippen molar-refractivity contribution in [3.8, 4) is 0 Å². The molecule has 0 fully saturated rings. The number of aliphatic carboxylic acids is 1. The first-order chi connectivity index (χ1) is 8.67. The summed E-state index contributed by atoms with van der Waals surface area (Å²) in [7, 11) is 0. The number of nitrogens with one attached hydrogen (secondary N) is 2. The van der Waals surface area contributed by atoms with Gasteiger partial charge in [0.1, 0.15) is 0 Å². The minimum atomic E-state index is -5.11. The minimum absolute atomic E-state index is 0.0376. The molecule has 0 saturated heterocycles. The fourth-order valence-electron chi connectivity index (χ4n) is 1.01. The van der Waals surface area contributed by atoms with Gasteiger partial charge in [-0.3, -0.25) is 4.98 Å². The first kappa shape index (κ1) is 15.2. The van der Waals surface area contributed by atoms with Crippen molar-refractivity contribution in [2.45, 2.75) is 25.2 Å². The largest absolute Gasteiger partial charge is 0.479 e. The standard InChI is InChI=1S/C9H10F3N3O3S/c1-8(6(16)17,9(10,11)12)15-7(18)14-3-5-2-13-4-19-5/h2,4H,3H2,1H3,(H,16,17)(H2,14,15,18). The normalized spacial score (nSPS) is 14.5. The number of thiazole rings is 1. The number of amides is 2. The lowest BCUT2D eigenvalue weighted by Crippen LogP contribution is -2.63. The summed E-state index contributed by atoms with van der Waals surface area (Å²) in [6, 6.07) is -1.23. The van der Waals surface area contributed by atoms with Crippen LogP contribution < -0.4 is 10.6 Å². The van der Waals surface area contributed by atoms with Crippen molar-refractivity contribution in [1.82, 2.24) is 15.6 Å². The maximum Gasteiger partial charge on any atom is 0.422 e. The van der Waals surface area contributed by atoms with Crippen molar-refractivity contribution in [2.24, 2.45) is 0 Å². The van der Waals surface area contributed by atoms with E-state index in [-0.39, 0.29) is 6.54 Å². The van der Waals surface area contributed by atoms with E-state index >= 15 is 0 Å². The Kier molecular flexibility index (Phi) is 4.35. The molecule has 10 heteroatoms. The molecule has 1 heterocycles. The number of aromatic nitrogens is 1. The van der Waals surface area contributed by atoms with Crippen LogP contribution in [0, 0.1) is 0 Å². The summed E-state index contributed by atoms with van der Waals surface area (Å²) in [4.78, 5) is 26.3. The van der Waals surface area contributed by atoms with Gasteiger partial charge >= 0.3 is 18.2 Å². The second-order valence-corrected chi connectivity index (χ2v) is 4.67. The Bertz CT molecular complexity index is 463. The third-order valence-electron chi connectivity index (χ3n) is 2.26. The molecule has 3 N–H and O–H groups in total. The number of rotatable bonds is 4. The zero-order valence-electron chi connectivity index (χ0n) is 9.61. The Balaban J connectivity index is 2.65. The molecule has 2 amide bonds. The molecule has 1 aromatic rings. The first-order valence-electron chi connectivity index (χ1n) is 4.90. The zero-order chi connectivity index (χ0) is 14.7. The quantitative estimate of drug-likeness (QED) is 0.782. The fourth-order valence-corrected chi connectivity index (χ4v) is 1.55. The van der Waals surface area contributed by atoms with Gasteiger partial charge in [0.05, 0.1) is 12.1 Å². The van der Waals surface area contributed by atoms with Crippen LogP contribution in [0.5, 0.6) is 0 Å². The van der Waals surface area contributed by atoms with Crippen molar-refractivity contribution >= 4 is 23.3 Å². The molecule has 1 aromatic heterocycles. The molecule has 106 valence electrons. The SMILES string of the molecule is CC(NC(=O)NCc1cncs1)(C(=O)O)C(F)(F)F. The average Bonchev–Trinajstić information content (AvgIpc) is 2.77. The van der Waals surface area contributed by atoms with Crippen LogP contribution in [-0.2, 0) is 11.3 Å². The highest BCUT2D eigenvalue weighted by atomic mass is 32.1. The number of halogens is 3. The second-order valence-electron chi connectivity index (χ2n) is 3.70. The maximum absolute atomic E-state index is 12.6.